The van der Waals surface area contributed by atoms with E-state index in [1.54, 1.807) is 12.1 Å². The molecule has 0 heterocycles. The van der Waals surface area contributed by atoms with Crippen LogP contribution in [-0.4, -0.2) is 20.1 Å². The average molecular weight is 413 g/mol. The number of rotatable bonds is 5. The zero-order valence-electron chi connectivity index (χ0n) is 13.9. The van der Waals surface area contributed by atoms with Gasteiger partial charge in [-0.05, 0) is 41.8 Å². The minimum absolute atomic E-state index is 0.262. The summed E-state index contributed by atoms with van der Waals surface area (Å²) in [6.07, 6.45) is 0. The van der Waals surface area contributed by atoms with Gasteiger partial charge in [-0.2, -0.15) is 0 Å². The lowest BCUT2D eigenvalue weighted by atomic mass is 10.0. The number of methoxy groups -OCH3 is 2. The number of carbonyl (C=O) groups is 1. The molecule has 0 aliphatic rings. The van der Waals surface area contributed by atoms with Crippen molar-refractivity contribution >= 4 is 39.1 Å². The van der Waals surface area contributed by atoms with Crippen LogP contribution in [0.4, 0.5) is 5.69 Å². The van der Waals surface area contributed by atoms with E-state index in [9.17, 15) is 4.79 Å². The topological polar surface area (TPSA) is 47.6 Å². The highest BCUT2D eigenvalue weighted by Gasteiger charge is 2.17. The van der Waals surface area contributed by atoms with Crippen LogP contribution in [0.2, 0.25) is 5.02 Å². The Morgan fingerprint density at radius 1 is 1.17 bits per heavy atom. The van der Waals surface area contributed by atoms with E-state index in [-0.39, 0.29) is 11.8 Å². The van der Waals surface area contributed by atoms with Gasteiger partial charge in [0, 0.05) is 15.7 Å². The van der Waals surface area contributed by atoms with E-state index in [1.165, 1.54) is 14.2 Å². The van der Waals surface area contributed by atoms with Gasteiger partial charge in [-0.15, -0.1) is 0 Å². The summed E-state index contributed by atoms with van der Waals surface area (Å²) in [5.74, 6) is 0.825. The molecule has 0 unspecified atom stereocenters. The van der Waals surface area contributed by atoms with Crippen molar-refractivity contribution in [1.29, 1.82) is 0 Å². The summed E-state index contributed by atoms with van der Waals surface area (Å²) in [7, 11) is 3.00. The van der Waals surface area contributed by atoms with Crippen LogP contribution in [0.25, 0.3) is 0 Å². The van der Waals surface area contributed by atoms with Crippen LogP contribution in [0, 0.1) is 0 Å². The number of hydrogen-bond donors (Lipinski definition) is 1. The number of anilines is 1. The summed E-state index contributed by atoms with van der Waals surface area (Å²) in [5.41, 5.74) is 2.21. The minimum Gasteiger partial charge on any atom is -0.493 e. The molecule has 2 aromatic carbocycles. The van der Waals surface area contributed by atoms with Gasteiger partial charge in [-0.25, -0.2) is 0 Å². The number of benzene rings is 2. The normalized spacial score (nSPS) is 10.6. The molecule has 1 N–H and O–H groups in total. The Morgan fingerprint density at radius 3 is 2.46 bits per heavy atom. The number of amides is 1. The molecule has 0 radical (unpaired) electrons. The Labute approximate surface area is 155 Å². The zero-order chi connectivity index (χ0) is 17.9. The van der Waals surface area contributed by atoms with Crippen LogP contribution in [0.15, 0.2) is 34.8 Å². The van der Waals surface area contributed by atoms with Crippen LogP contribution in [0.1, 0.15) is 35.7 Å². The SMILES string of the molecule is COc1cc(C(=O)Nc2ccc(Br)cc2C(C)C)cc(Cl)c1OC. The molecule has 0 bridgehead atoms. The van der Waals surface area contributed by atoms with Gasteiger partial charge in [-0.3, -0.25) is 4.79 Å². The fourth-order valence-corrected chi connectivity index (χ4v) is 3.04. The zero-order valence-corrected chi connectivity index (χ0v) is 16.3. The average Bonchev–Trinajstić information content (AvgIpc) is 2.55. The number of ether oxygens (including phenoxy) is 2. The fourth-order valence-electron chi connectivity index (χ4n) is 2.37. The van der Waals surface area contributed by atoms with Crippen molar-refractivity contribution in [3.8, 4) is 11.5 Å². The van der Waals surface area contributed by atoms with E-state index >= 15 is 0 Å². The van der Waals surface area contributed by atoms with E-state index < -0.39 is 0 Å². The lowest BCUT2D eigenvalue weighted by molar-refractivity contribution is 0.102. The van der Waals surface area contributed by atoms with Crippen molar-refractivity contribution in [2.45, 2.75) is 19.8 Å². The van der Waals surface area contributed by atoms with Crippen molar-refractivity contribution in [1.82, 2.24) is 0 Å². The molecule has 6 heteroatoms. The molecule has 0 atom stereocenters. The van der Waals surface area contributed by atoms with E-state index in [1.807, 2.05) is 18.2 Å². The van der Waals surface area contributed by atoms with Crippen LogP contribution >= 0.6 is 27.5 Å². The smallest absolute Gasteiger partial charge is 0.255 e. The van der Waals surface area contributed by atoms with Gasteiger partial charge in [-0.1, -0.05) is 41.4 Å². The van der Waals surface area contributed by atoms with Crippen LogP contribution in [0.5, 0.6) is 11.5 Å². The molecule has 4 nitrogen and oxygen atoms in total. The molecule has 0 aromatic heterocycles. The van der Waals surface area contributed by atoms with Gasteiger partial charge in [0.05, 0.1) is 19.2 Å². The molecule has 0 fully saturated rings. The largest absolute Gasteiger partial charge is 0.493 e. The minimum atomic E-state index is -0.262. The molecule has 24 heavy (non-hydrogen) atoms. The monoisotopic (exact) mass is 411 g/mol. The molecule has 0 aliphatic carbocycles. The molecule has 2 aromatic rings. The van der Waals surface area contributed by atoms with Crippen LogP contribution in [0.3, 0.4) is 0 Å². The first kappa shape index (κ1) is 18.6. The Balaban J connectivity index is 2.36. The van der Waals surface area contributed by atoms with Gasteiger partial charge < -0.3 is 14.8 Å². The molecule has 1 amide bonds. The van der Waals surface area contributed by atoms with E-state index in [4.69, 9.17) is 21.1 Å². The maximum atomic E-state index is 12.6. The second-order valence-electron chi connectivity index (χ2n) is 5.53. The molecular formula is C18H19BrClNO3. The summed E-state index contributed by atoms with van der Waals surface area (Å²) in [6.45, 7) is 4.15. The fraction of sp³-hybridized carbons (Fsp3) is 0.278. The quantitative estimate of drug-likeness (QED) is 0.706. The highest BCUT2D eigenvalue weighted by atomic mass is 79.9. The predicted octanol–water partition coefficient (Wildman–Crippen LogP) is 5.50. The first-order chi connectivity index (χ1) is 11.4. The van der Waals surface area contributed by atoms with Crippen LogP contribution in [-0.2, 0) is 0 Å². The molecule has 0 spiro atoms. The van der Waals surface area contributed by atoms with Gasteiger partial charge >= 0.3 is 0 Å². The highest BCUT2D eigenvalue weighted by molar-refractivity contribution is 9.10. The van der Waals surface area contributed by atoms with Crippen molar-refractivity contribution in [3.05, 3.63) is 51.0 Å². The van der Waals surface area contributed by atoms with E-state index in [0.29, 0.717) is 22.1 Å². The second kappa shape index (κ2) is 7.90. The predicted molar refractivity (Wildman–Crippen MR) is 101 cm³/mol. The summed E-state index contributed by atoms with van der Waals surface area (Å²) < 4.78 is 11.4. The third-order valence-corrected chi connectivity index (χ3v) is 4.35. The molecule has 0 aliphatic heterocycles. The van der Waals surface area contributed by atoms with Gasteiger partial charge in [0.1, 0.15) is 0 Å². The van der Waals surface area contributed by atoms with E-state index in [2.05, 4.69) is 35.1 Å². The summed E-state index contributed by atoms with van der Waals surface area (Å²) >= 11 is 9.63. The molecule has 128 valence electrons. The van der Waals surface area contributed by atoms with Crippen LogP contribution < -0.4 is 14.8 Å². The third kappa shape index (κ3) is 4.02. The number of carbonyl (C=O) groups excluding carboxylic acids is 1. The molecule has 2 rings (SSSR count). The molecular weight excluding hydrogens is 394 g/mol. The van der Waals surface area contributed by atoms with E-state index in [0.717, 1.165) is 15.7 Å². The first-order valence-corrected chi connectivity index (χ1v) is 8.56. The second-order valence-corrected chi connectivity index (χ2v) is 6.86. The van der Waals surface area contributed by atoms with Gasteiger partial charge in [0.25, 0.3) is 5.91 Å². The Hall–Kier alpha value is -1.72. The Bertz CT molecular complexity index is 762. The van der Waals surface area contributed by atoms with Gasteiger partial charge in [0.2, 0.25) is 0 Å². The van der Waals surface area contributed by atoms with Crippen molar-refractivity contribution in [2.24, 2.45) is 0 Å². The van der Waals surface area contributed by atoms with Crippen molar-refractivity contribution in [2.75, 3.05) is 19.5 Å². The highest BCUT2D eigenvalue weighted by Crippen LogP contribution is 2.36. The lowest BCUT2D eigenvalue weighted by Crippen LogP contribution is -2.14. The maximum Gasteiger partial charge on any atom is 0.255 e. The first-order valence-electron chi connectivity index (χ1n) is 7.39. The number of hydrogen-bond acceptors (Lipinski definition) is 3. The molecule has 0 saturated heterocycles. The third-order valence-electron chi connectivity index (χ3n) is 3.58. The number of nitrogens with one attached hydrogen (secondary N) is 1. The van der Waals surface area contributed by atoms with Crippen molar-refractivity contribution in [3.63, 3.8) is 0 Å². The Kier molecular flexibility index (Phi) is 6.13. The standard InChI is InChI=1S/C18H19BrClNO3/c1-10(2)13-9-12(19)5-6-15(13)21-18(22)11-7-14(20)17(24-4)16(8-11)23-3/h5-10H,1-4H3,(H,21,22). The van der Waals surface area contributed by atoms with Gasteiger partial charge in [0.15, 0.2) is 11.5 Å². The maximum absolute atomic E-state index is 12.6. The lowest BCUT2D eigenvalue weighted by Gasteiger charge is -2.15. The van der Waals surface area contributed by atoms with Crippen molar-refractivity contribution < 1.29 is 14.3 Å². The molecule has 0 saturated carbocycles. The summed E-state index contributed by atoms with van der Waals surface area (Å²) in [4.78, 5) is 12.6. The Morgan fingerprint density at radius 2 is 1.88 bits per heavy atom. The number of halogens is 2. The summed E-state index contributed by atoms with van der Waals surface area (Å²) in [6, 6.07) is 8.94. The summed E-state index contributed by atoms with van der Waals surface area (Å²) in [5, 5.41) is 3.26.